The van der Waals surface area contributed by atoms with E-state index >= 15 is 0 Å². The normalized spacial score (nSPS) is 10.6. The number of carbonyl (C=O) groups is 1. The Labute approximate surface area is 143 Å². The number of benzene rings is 1. The molecule has 0 atom stereocenters. The molecule has 0 bridgehead atoms. The second-order valence-electron chi connectivity index (χ2n) is 4.99. The molecule has 2 rings (SSSR count). The van der Waals surface area contributed by atoms with Crippen LogP contribution in [0.25, 0.3) is 10.9 Å². The molecule has 1 N–H and O–H groups in total. The first-order valence-electron chi connectivity index (χ1n) is 7.52. The maximum atomic E-state index is 11.3. The molecule has 0 radical (unpaired) electrons. The number of hydrogen-bond acceptors (Lipinski definition) is 7. The third-order valence-electron chi connectivity index (χ3n) is 3.27. The second-order valence-corrected chi connectivity index (χ2v) is 5.33. The lowest BCUT2D eigenvalue weighted by Gasteiger charge is -2.09. The maximum Gasteiger partial charge on any atom is 0.305 e. The largest absolute Gasteiger partial charge is 0.466 e. The monoisotopic (exact) mass is 352 g/mol. The first kappa shape index (κ1) is 17.9. The van der Waals surface area contributed by atoms with Crippen molar-refractivity contribution in [1.29, 1.82) is 0 Å². The molecule has 1 aromatic heterocycles. The number of ether oxygens (including phenoxy) is 1. The van der Waals surface area contributed by atoms with Crippen molar-refractivity contribution in [2.24, 2.45) is 0 Å². The number of carbonyl (C=O) groups excluding carboxylic acids is 1. The minimum atomic E-state index is -0.475. The van der Waals surface area contributed by atoms with Crippen LogP contribution in [-0.2, 0) is 9.53 Å². The van der Waals surface area contributed by atoms with Crippen LogP contribution in [0.15, 0.2) is 18.2 Å². The highest BCUT2D eigenvalue weighted by Gasteiger charge is 2.12. The van der Waals surface area contributed by atoms with E-state index in [2.05, 4.69) is 15.3 Å². The van der Waals surface area contributed by atoms with E-state index in [0.717, 1.165) is 6.42 Å². The standard InChI is InChI=1S/C15H17ClN4O4/c1-2-24-13(21)5-3-4-8-17-14-11-9-10(20(22)23)6-7-12(11)18-15(16)19-14/h6-7,9H,2-5,8H2,1H3,(H,17,18,19). The number of esters is 1. The van der Waals surface area contributed by atoms with Crippen molar-refractivity contribution >= 4 is 40.0 Å². The fraction of sp³-hybridized carbons (Fsp3) is 0.400. The van der Waals surface area contributed by atoms with Gasteiger partial charge in [0.05, 0.1) is 17.0 Å². The highest BCUT2D eigenvalue weighted by Crippen LogP contribution is 2.26. The van der Waals surface area contributed by atoms with Crippen LogP contribution < -0.4 is 5.32 Å². The molecule has 0 fully saturated rings. The lowest BCUT2D eigenvalue weighted by atomic mass is 10.2. The summed E-state index contributed by atoms with van der Waals surface area (Å²) in [6, 6.07) is 4.31. The van der Waals surface area contributed by atoms with Crippen LogP contribution in [0.4, 0.5) is 11.5 Å². The predicted octanol–water partition coefficient (Wildman–Crippen LogP) is 3.34. The van der Waals surface area contributed by atoms with E-state index in [1.807, 2.05) is 0 Å². The van der Waals surface area contributed by atoms with Gasteiger partial charge in [-0.15, -0.1) is 0 Å². The van der Waals surface area contributed by atoms with E-state index < -0.39 is 4.92 Å². The quantitative estimate of drug-likeness (QED) is 0.255. The molecule has 24 heavy (non-hydrogen) atoms. The van der Waals surface area contributed by atoms with Crippen LogP contribution in [-0.4, -0.2) is 34.0 Å². The van der Waals surface area contributed by atoms with E-state index in [9.17, 15) is 14.9 Å². The third-order valence-corrected chi connectivity index (χ3v) is 3.44. The van der Waals surface area contributed by atoms with Crippen LogP contribution in [0, 0.1) is 10.1 Å². The van der Waals surface area contributed by atoms with Gasteiger partial charge >= 0.3 is 5.97 Å². The Morgan fingerprint density at radius 3 is 2.88 bits per heavy atom. The number of nitro benzene ring substituents is 1. The Hall–Kier alpha value is -2.48. The molecule has 1 aromatic carbocycles. The molecule has 9 heteroatoms. The molecule has 0 aliphatic carbocycles. The molecular formula is C15H17ClN4O4. The summed E-state index contributed by atoms with van der Waals surface area (Å²) in [5.41, 5.74) is 0.480. The number of unbranched alkanes of at least 4 members (excludes halogenated alkanes) is 1. The minimum Gasteiger partial charge on any atom is -0.466 e. The first-order chi connectivity index (χ1) is 11.5. The minimum absolute atomic E-state index is 0.0428. The fourth-order valence-electron chi connectivity index (χ4n) is 2.17. The summed E-state index contributed by atoms with van der Waals surface area (Å²) in [6.07, 6.45) is 1.74. The topological polar surface area (TPSA) is 107 Å². The third kappa shape index (κ3) is 4.76. The number of nitrogens with zero attached hydrogens (tertiary/aromatic N) is 3. The summed E-state index contributed by atoms with van der Waals surface area (Å²) in [5, 5.41) is 14.6. The van der Waals surface area contributed by atoms with Crippen LogP contribution in [0.1, 0.15) is 26.2 Å². The summed E-state index contributed by atoms with van der Waals surface area (Å²) in [5.74, 6) is 0.216. The average Bonchev–Trinajstić information content (AvgIpc) is 2.54. The number of rotatable bonds is 8. The maximum absolute atomic E-state index is 11.3. The van der Waals surface area contributed by atoms with E-state index in [1.165, 1.54) is 18.2 Å². The molecule has 0 saturated heterocycles. The highest BCUT2D eigenvalue weighted by atomic mass is 35.5. The van der Waals surface area contributed by atoms with Gasteiger partial charge in [-0.05, 0) is 37.4 Å². The number of aromatic nitrogens is 2. The number of non-ortho nitro benzene ring substituents is 1. The van der Waals surface area contributed by atoms with Gasteiger partial charge in [0.25, 0.3) is 5.69 Å². The Kier molecular flexibility index (Phi) is 6.25. The molecule has 0 aliphatic rings. The van der Waals surface area contributed by atoms with E-state index in [4.69, 9.17) is 16.3 Å². The van der Waals surface area contributed by atoms with Crippen molar-refractivity contribution in [3.8, 4) is 0 Å². The summed E-state index contributed by atoms with van der Waals surface area (Å²) < 4.78 is 4.85. The number of fused-ring (bicyclic) bond motifs is 1. The van der Waals surface area contributed by atoms with E-state index in [-0.39, 0.29) is 16.9 Å². The average molecular weight is 353 g/mol. The van der Waals surface area contributed by atoms with Crippen LogP contribution in [0.5, 0.6) is 0 Å². The summed E-state index contributed by atoms with van der Waals surface area (Å²) >= 11 is 5.89. The summed E-state index contributed by atoms with van der Waals surface area (Å²) in [7, 11) is 0. The fourth-order valence-corrected chi connectivity index (χ4v) is 2.35. The van der Waals surface area contributed by atoms with Crippen LogP contribution in [0.2, 0.25) is 5.28 Å². The number of anilines is 1. The Morgan fingerprint density at radius 2 is 2.17 bits per heavy atom. The highest BCUT2D eigenvalue weighted by molar-refractivity contribution is 6.28. The first-order valence-corrected chi connectivity index (χ1v) is 7.90. The number of hydrogen-bond donors (Lipinski definition) is 1. The molecular weight excluding hydrogens is 336 g/mol. The molecule has 8 nitrogen and oxygen atoms in total. The molecule has 0 aliphatic heterocycles. The summed E-state index contributed by atoms with van der Waals surface area (Å²) in [4.78, 5) is 29.8. The van der Waals surface area contributed by atoms with Crippen molar-refractivity contribution in [3.63, 3.8) is 0 Å². The SMILES string of the molecule is CCOC(=O)CCCCNc1nc(Cl)nc2ccc([N+](=O)[O-])cc12. The van der Waals surface area contributed by atoms with Crippen molar-refractivity contribution < 1.29 is 14.5 Å². The zero-order valence-corrected chi connectivity index (χ0v) is 13.9. The van der Waals surface area contributed by atoms with Crippen LogP contribution >= 0.6 is 11.6 Å². The lowest BCUT2D eigenvalue weighted by molar-refractivity contribution is -0.384. The second kappa shape index (κ2) is 8.39. The van der Waals surface area contributed by atoms with Gasteiger partial charge < -0.3 is 10.1 Å². The van der Waals surface area contributed by atoms with Gasteiger partial charge in [0.2, 0.25) is 5.28 Å². The Bertz CT molecular complexity index is 754. The molecule has 2 aromatic rings. The predicted molar refractivity (Wildman–Crippen MR) is 90.2 cm³/mol. The Balaban J connectivity index is 2.03. The van der Waals surface area contributed by atoms with Gasteiger partial charge in [-0.25, -0.2) is 9.97 Å². The molecule has 0 amide bonds. The van der Waals surface area contributed by atoms with Gasteiger partial charge in [-0.2, -0.15) is 0 Å². The zero-order valence-electron chi connectivity index (χ0n) is 13.1. The smallest absolute Gasteiger partial charge is 0.305 e. The molecule has 128 valence electrons. The van der Waals surface area contributed by atoms with Gasteiger partial charge in [0.15, 0.2) is 0 Å². The Morgan fingerprint density at radius 1 is 1.38 bits per heavy atom. The summed E-state index contributed by atoms with van der Waals surface area (Å²) in [6.45, 7) is 2.69. The molecule has 0 saturated carbocycles. The van der Waals surface area contributed by atoms with Gasteiger partial charge in [-0.3, -0.25) is 14.9 Å². The molecule has 0 spiro atoms. The van der Waals surface area contributed by atoms with E-state index in [1.54, 1.807) is 6.92 Å². The van der Waals surface area contributed by atoms with Gasteiger partial charge in [-0.1, -0.05) is 0 Å². The number of nitro groups is 1. The zero-order chi connectivity index (χ0) is 17.5. The van der Waals surface area contributed by atoms with Crippen molar-refractivity contribution in [2.45, 2.75) is 26.2 Å². The van der Waals surface area contributed by atoms with Gasteiger partial charge in [0.1, 0.15) is 5.82 Å². The lowest BCUT2D eigenvalue weighted by Crippen LogP contribution is -2.07. The molecule has 0 unspecified atom stereocenters. The number of nitrogens with one attached hydrogen (secondary N) is 1. The van der Waals surface area contributed by atoms with Crippen LogP contribution in [0.3, 0.4) is 0 Å². The van der Waals surface area contributed by atoms with Crippen molar-refractivity contribution in [2.75, 3.05) is 18.5 Å². The van der Waals surface area contributed by atoms with E-state index in [0.29, 0.717) is 42.7 Å². The van der Waals surface area contributed by atoms with Crippen molar-refractivity contribution in [1.82, 2.24) is 9.97 Å². The van der Waals surface area contributed by atoms with Crippen molar-refractivity contribution in [3.05, 3.63) is 33.6 Å². The number of halogens is 1. The van der Waals surface area contributed by atoms with Gasteiger partial charge in [0, 0.05) is 30.5 Å². The molecule has 1 heterocycles.